The van der Waals surface area contributed by atoms with E-state index in [1.54, 1.807) is 7.11 Å². The fourth-order valence-electron chi connectivity index (χ4n) is 3.45. The lowest BCUT2D eigenvalue weighted by atomic mass is 10.1. The van der Waals surface area contributed by atoms with Crippen LogP contribution >= 0.6 is 0 Å². The molecule has 1 aliphatic rings. The van der Waals surface area contributed by atoms with Crippen LogP contribution in [0, 0.1) is 0 Å². The van der Waals surface area contributed by atoms with Crippen LogP contribution in [0.3, 0.4) is 0 Å². The molecule has 0 bridgehead atoms. The van der Waals surface area contributed by atoms with Gasteiger partial charge in [0.25, 0.3) is 0 Å². The molecule has 0 saturated carbocycles. The van der Waals surface area contributed by atoms with E-state index in [1.807, 2.05) is 12.1 Å². The van der Waals surface area contributed by atoms with Crippen LogP contribution in [0.15, 0.2) is 72.8 Å². The van der Waals surface area contributed by atoms with E-state index in [1.165, 1.54) is 41.8 Å². The van der Waals surface area contributed by atoms with Crippen LogP contribution in [0.4, 0.5) is 17.1 Å². The molecule has 0 N–H and O–H groups in total. The van der Waals surface area contributed by atoms with Crippen molar-refractivity contribution in [2.24, 2.45) is 0 Å². The van der Waals surface area contributed by atoms with Crippen molar-refractivity contribution in [3.8, 4) is 5.75 Å². The second kappa shape index (κ2) is 6.40. The molecule has 1 aliphatic carbocycles. The summed E-state index contributed by atoms with van der Waals surface area (Å²) in [5, 5.41) is 0. The molecule has 0 fully saturated rings. The third kappa shape index (κ3) is 2.76. The van der Waals surface area contributed by atoms with Crippen molar-refractivity contribution in [3.05, 3.63) is 83.9 Å². The number of anilines is 3. The fraction of sp³-hybridized carbons (Fsp3) is 0.182. The van der Waals surface area contributed by atoms with E-state index in [4.69, 9.17) is 4.74 Å². The summed E-state index contributed by atoms with van der Waals surface area (Å²) in [6, 6.07) is 25.6. The molecule has 0 heterocycles. The van der Waals surface area contributed by atoms with Gasteiger partial charge in [0, 0.05) is 17.1 Å². The third-order valence-corrected chi connectivity index (χ3v) is 4.69. The third-order valence-electron chi connectivity index (χ3n) is 4.69. The lowest BCUT2D eigenvalue weighted by Gasteiger charge is -2.26. The van der Waals surface area contributed by atoms with Crippen molar-refractivity contribution in [2.45, 2.75) is 19.3 Å². The minimum atomic E-state index is 0.876. The molecule has 3 aromatic carbocycles. The van der Waals surface area contributed by atoms with E-state index in [0.717, 1.165) is 11.4 Å². The van der Waals surface area contributed by atoms with Crippen molar-refractivity contribution in [2.75, 3.05) is 12.0 Å². The number of methoxy groups -OCH3 is 1. The Kier molecular flexibility index (Phi) is 3.96. The molecular formula is C22H21NO. The number of hydrogen-bond acceptors (Lipinski definition) is 2. The number of aryl methyl sites for hydroxylation is 2. The van der Waals surface area contributed by atoms with Crippen LogP contribution in [0.5, 0.6) is 5.75 Å². The van der Waals surface area contributed by atoms with Gasteiger partial charge >= 0.3 is 0 Å². The van der Waals surface area contributed by atoms with Gasteiger partial charge in [-0.15, -0.1) is 0 Å². The van der Waals surface area contributed by atoms with Crippen molar-refractivity contribution in [3.63, 3.8) is 0 Å². The van der Waals surface area contributed by atoms with Gasteiger partial charge in [0.05, 0.1) is 7.11 Å². The summed E-state index contributed by atoms with van der Waals surface area (Å²) >= 11 is 0. The monoisotopic (exact) mass is 315 g/mol. The van der Waals surface area contributed by atoms with Gasteiger partial charge in [0.1, 0.15) is 5.75 Å². The summed E-state index contributed by atoms with van der Waals surface area (Å²) in [5.41, 5.74) is 6.51. The summed E-state index contributed by atoms with van der Waals surface area (Å²) in [5.74, 6) is 0.876. The summed E-state index contributed by atoms with van der Waals surface area (Å²) < 4.78 is 5.30. The Bertz CT molecular complexity index is 824. The number of para-hydroxylation sites is 1. The van der Waals surface area contributed by atoms with E-state index in [9.17, 15) is 0 Å². The molecule has 0 amide bonds. The number of rotatable bonds is 4. The Morgan fingerprint density at radius 1 is 0.708 bits per heavy atom. The van der Waals surface area contributed by atoms with Gasteiger partial charge in [-0.2, -0.15) is 0 Å². The highest BCUT2D eigenvalue weighted by Crippen LogP contribution is 2.37. The van der Waals surface area contributed by atoms with Gasteiger partial charge in [-0.3, -0.25) is 0 Å². The number of fused-ring (bicyclic) bond motifs is 1. The predicted octanol–water partition coefficient (Wildman–Crippen LogP) is 5.65. The molecule has 0 saturated heterocycles. The van der Waals surface area contributed by atoms with Crippen LogP contribution < -0.4 is 9.64 Å². The smallest absolute Gasteiger partial charge is 0.119 e. The van der Waals surface area contributed by atoms with Crippen LogP contribution in [0.2, 0.25) is 0 Å². The second-order valence-corrected chi connectivity index (χ2v) is 6.18. The first-order chi connectivity index (χ1) is 11.8. The molecule has 24 heavy (non-hydrogen) atoms. The van der Waals surface area contributed by atoms with Gasteiger partial charge in [0.2, 0.25) is 0 Å². The maximum Gasteiger partial charge on any atom is 0.119 e. The highest BCUT2D eigenvalue weighted by Gasteiger charge is 2.16. The van der Waals surface area contributed by atoms with Crippen LogP contribution in [0.1, 0.15) is 17.5 Å². The highest BCUT2D eigenvalue weighted by molar-refractivity contribution is 5.77. The topological polar surface area (TPSA) is 12.5 Å². The number of ether oxygens (including phenoxy) is 1. The molecule has 120 valence electrons. The zero-order valence-electron chi connectivity index (χ0n) is 13.9. The molecule has 2 nitrogen and oxygen atoms in total. The number of hydrogen-bond donors (Lipinski definition) is 0. The quantitative estimate of drug-likeness (QED) is 0.616. The second-order valence-electron chi connectivity index (χ2n) is 6.18. The molecule has 3 aromatic rings. The van der Waals surface area contributed by atoms with E-state index >= 15 is 0 Å². The Morgan fingerprint density at radius 3 is 2.12 bits per heavy atom. The molecule has 0 radical (unpaired) electrons. The first kappa shape index (κ1) is 14.8. The van der Waals surface area contributed by atoms with Crippen LogP contribution in [-0.2, 0) is 12.8 Å². The van der Waals surface area contributed by atoms with E-state index in [2.05, 4.69) is 65.6 Å². The number of nitrogens with zero attached hydrogens (tertiary/aromatic N) is 1. The minimum absolute atomic E-state index is 0.876. The van der Waals surface area contributed by atoms with Crippen molar-refractivity contribution in [1.29, 1.82) is 0 Å². The molecular weight excluding hydrogens is 294 g/mol. The van der Waals surface area contributed by atoms with Crippen molar-refractivity contribution >= 4 is 17.1 Å². The van der Waals surface area contributed by atoms with Crippen molar-refractivity contribution < 1.29 is 4.74 Å². The van der Waals surface area contributed by atoms with Gasteiger partial charge in [0.15, 0.2) is 0 Å². The van der Waals surface area contributed by atoms with E-state index in [-0.39, 0.29) is 0 Å². The minimum Gasteiger partial charge on any atom is -0.497 e. The molecule has 0 aliphatic heterocycles. The summed E-state index contributed by atoms with van der Waals surface area (Å²) in [6.07, 6.45) is 3.67. The van der Waals surface area contributed by atoms with Crippen molar-refractivity contribution in [1.82, 2.24) is 0 Å². The lowest BCUT2D eigenvalue weighted by molar-refractivity contribution is 0.415. The van der Waals surface area contributed by atoms with Gasteiger partial charge in [-0.25, -0.2) is 0 Å². The molecule has 0 unspecified atom stereocenters. The zero-order valence-corrected chi connectivity index (χ0v) is 13.9. The maximum atomic E-state index is 5.30. The first-order valence-electron chi connectivity index (χ1n) is 8.46. The molecule has 2 heteroatoms. The van der Waals surface area contributed by atoms with Crippen LogP contribution in [-0.4, -0.2) is 7.11 Å². The summed E-state index contributed by atoms with van der Waals surface area (Å²) in [4.78, 5) is 2.30. The predicted molar refractivity (Wildman–Crippen MR) is 99.7 cm³/mol. The van der Waals surface area contributed by atoms with Gasteiger partial charge < -0.3 is 9.64 Å². The van der Waals surface area contributed by atoms with Crippen LogP contribution in [0.25, 0.3) is 0 Å². The lowest BCUT2D eigenvalue weighted by Crippen LogP contribution is -2.10. The summed E-state index contributed by atoms with van der Waals surface area (Å²) in [7, 11) is 1.70. The number of benzene rings is 3. The Hall–Kier alpha value is -2.74. The average Bonchev–Trinajstić information content (AvgIpc) is 3.11. The molecule has 4 rings (SSSR count). The average molecular weight is 315 g/mol. The maximum absolute atomic E-state index is 5.30. The van der Waals surface area contributed by atoms with Gasteiger partial charge in [-0.1, -0.05) is 24.3 Å². The molecule has 0 atom stereocenters. The molecule has 0 aromatic heterocycles. The van der Waals surface area contributed by atoms with Gasteiger partial charge in [-0.05, 0) is 78.9 Å². The highest BCUT2D eigenvalue weighted by atomic mass is 16.5. The van der Waals surface area contributed by atoms with E-state index < -0.39 is 0 Å². The Labute approximate surface area is 143 Å². The Balaban J connectivity index is 1.81. The van der Waals surface area contributed by atoms with E-state index in [0.29, 0.717) is 0 Å². The normalized spacial score (nSPS) is 12.7. The SMILES string of the molecule is COc1ccc(N(c2ccccc2)c2ccc3c(c2)CCC3)cc1. The summed E-state index contributed by atoms with van der Waals surface area (Å²) in [6.45, 7) is 0. The Morgan fingerprint density at radius 2 is 1.38 bits per heavy atom. The molecule has 0 spiro atoms. The standard InChI is InChI=1S/C22H21NO/c1-24-22-14-12-20(13-15-22)23(19-8-3-2-4-9-19)21-11-10-17-6-5-7-18(17)16-21/h2-4,8-16H,5-7H2,1H3. The largest absolute Gasteiger partial charge is 0.497 e. The zero-order chi connectivity index (χ0) is 16.4. The fourth-order valence-corrected chi connectivity index (χ4v) is 3.45. The first-order valence-corrected chi connectivity index (χ1v) is 8.46.